The second-order valence-corrected chi connectivity index (χ2v) is 6.73. The van der Waals surface area contributed by atoms with Gasteiger partial charge < -0.3 is 10.2 Å². The third-order valence-electron chi connectivity index (χ3n) is 4.99. The quantitative estimate of drug-likeness (QED) is 0.808. The van der Waals surface area contributed by atoms with Crippen LogP contribution in [0.4, 0.5) is 0 Å². The molecular weight excluding hydrogens is 256 g/mol. The van der Waals surface area contributed by atoms with Crippen LogP contribution in [-0.2, 0) is 0 Å². The van der Waals surface area contributed by atoms with Gasteiger partial charge in [0.1, 0.15) is 0 Å². The summed E-state index contributed by atoms with van der Waals surface area (Å²) in [7, 11) is 2.30. The standard InChI is InChI=1S/C19H32N2/c1-5-12-20-19(14-21(4)18-8-6-7-9-18)17-11-10-15(2)16(3)13-17/h10-11,13,18-20H,5-9,12,14H2,1-4H3. The van der Waals surface area contributed by atoms with Crippen LogP contribution in [-0.4, -0.2) is 31.1 Å². The van der Waals surface area contributed by atoms with Crippen LogP contribution in [0.5, 0.6) is 0 Å². The van der Waals surface area contributed by atoms with Gasteiger partial charge in [0.15, 0.2) is 0 Å². The molecule has 0 radical (unpaired) electrons. The highest BCUT2D eigenvalue weighted by atomic mass is 15.2. The van der Waals surface area contributed by atoms with Crippen LogP contribution in [0.1, 0.15) is 61.8 Å². The SMILES string of the molecule is CCCNC(CN(C)C1CCCC1)c1ccc(C)c(C)c1. The van der Waals surface area contributed by atoms with Crippen molar-refractivity contribution >= 4 is 0 Å². The van der Waals surface area contributed by atoms with Gasteiger partial charge in [-0.3, -0.25) is 0 Å². The first-order valence-corrected chi connectivity index (χ1v) is 8.62. The molecule has 1 unspecified atom stereocenters. The zero-order valence-corrected chi connectivity index (χ0v) is 14.3. The van der Waals surface area contributed by atoms with Gasteiger partial charge in [-0.25, -0.2) is 0 Å². The average molecular weight is 288 g/mol. The number of benzene rings is 1. The predicted octanol–water partition coefficient (Wildman–Crippen LogP) is 4.22. The highest BCUT2D eigenvalue weighted by molar-refractivity contribution is 5.32. The molecule has 0 spiro atoms. The zero-order valence-electron chi connectivity index (χ0n) is 14.3. The molecule has 0 bridgehead atoms. The molecule has 1 aromatic carbocycles. The van der Waals surface area contributed by atoms with Gasteiger partial charge in [0, 0.05) is 18.6 Å². The van der Waals surface area contributed by atoms with Crippen molar-refractivity contribution in [3.8, 4) is 0 Å². The van der Waals surface area contributed by atoms with Crippen LogP contribution in [0, 0.1) is 13.8 Å². The monoisotopic (exact) mass is 288 g/mol. The maximum Gasteiger partial charge on any atom is 0.0449 e. The minimum atomic E-state index is 0.454. The van der Waals surface area contributed by atoms with E-state index in [9.17, 15) is 0 Å². The van der Waals surface area contributed by atoms with Crippen LogP contribution < -0.4 is 5.32 Å². The van der Waals surface area contributed by atoms with E-state index >= 15 is 0 Å². The Morgan fingerprint density at radius 1 is 1.19 bits per heavy atom. The van der Waals surface area contributed by atoms with E-state index in [1.807, 2.05) is 0 Å². The van der Waals surface area contributed by atoms with Crippen LogP contribution in [0.25, 0.3) is 0 Å². The summed E-state index contributed by atoms with van der Waals surface area (Å²) in [6, 6.07) is 8.18. The predicted molar refractivity (Wildman–Crippen MR) is 91.8 cm³/mol. The summed E-state index contributed by atoms with van der Waals surface area (Å²) in [6.07, 6.45) is 6.76. The molecule has 118 valence electrons. The van der Waals surface area contributed by atoms with E-state index in [1.54, 1.807) is 0 Å². The minimum absolute atomic E-state index is 0.454. The second-order valence-electron chi connectivity index (χ2n) is 6.73. The van der Waals surface area contributed by atoms with Crippen molar-refractivity contribution in [3.05, 3.63) is 34.9 Å². The molecule has 0 aliphatic heterocycles. The molecule has 0 saturated heterocycles. The Morgan fingerprint density at radius 2 is 1.90 bits per heavy atom. The van der Waals surface area contributed by atoms with Crippen molar-refractivity contribution in [1.82, 2.24) is 10.2 Å². The number of hydrogen-bond donors (Lipinski definition) is 1. The Balaban J connectivity index is 2.07. The van der Waals surface area contributed by atoms with Crippen LogP contribution in [0.3, 0.4) is 0 Å². The van der Waals surface area contributed by atoms with E-state index in [0.717, 1.165) is 19.1 Å². The van der Waals surface area contributed by atoms with Crippen molar-refractivity contribution in [2.24, 2.45) is 0 Å². The Hall–Kier alpha value is -0.860. The molecule has 1 aliphatic rings. The third-order valence-corrected chi connectivity index (χ3v) is 4.99. The van der Waals surface area contributed by atoms with Crippen molar-refractivity contribution < 1.29 is 0 Å². The lowest BCUT2D eigenvalue weighted by atomic mass is 10.00. The molecular formula is C19H32N2. The second kappa shape index (κ2) is 7.95. The summed E-state index contributed by atoms with van der Waals surface area (Å²) in [5, 5.41) is 3.75. The Labute approximate surface area is 130 Å². The lowest BCUT2D eigenvalue weighted by molar-refractivity contribution is 0.219. The van der Waals surface area contributed by atoms with Crippen LogP contribution >= 0.6 is 0 Å². The molecule has 0 aromatic heterocycles. The van der Waals surface area contributed by atoms with E-state index in [0.29, 0.717) is 6.04 Å². The van der Waals surface area contributed by atoms with Crippen molar-refractivity contribution in [2.75, 3.05) is 20.1 Å². The first kappa shape index (κ1) is 16.5. The molecule has 1 N–H and O–H groups in total. The highest BCUT2D eigenvalue weighted by Gasteiger charge is 2.22. The maximum absolute atomic E-state index is 3.75. The Bertz CT molecular complexity index is 435. The van der Waals surface area contributed by atoms with Crippen LogP contribution in [0.15, 0.2) is 18.2 Å². The maximum atomic E-state index is 3.75. The van der Waals surface area contributed by atoms with Gasteiger partial charge >= 0.3 is 0 Å². The number of nitrogens with one attached hydrogen (secondary N) is 1. The van der Waals surface area contributed by atoms with Crippen molar-refractivity contribution in [3.63, 3.8) is 0 Å². The first-order chi connectivity index (χ1) is 10.1. The van der Waals surface area contributed by atoms with E-state index in [2.05, 4.69) is 56.2 Å². The third kappa shape index (κ3) is 4.55. The summed E-state index contributed by atoms with van der Waals surface area (Å²) in [5.41, 5.74) is 4.23. The van der Waals surface area contributed by atoms with Gasteiger partial charge in [-0.1, -0.05) is 38.0 Å². The van der Waals surface area contributed by atoms with E-state index < -0.39 is 0 Å². The van der Waals surface area contributed by atoms with E-state index in [-0.39, 0.29) is 0 Å². The summed E-state index contributed by atoms with van der Waals surface area (Å²) in [4.78, 5) is 2.58. The fraction of sp³-hybridized carbons (Fsp3) is 0.684. The summed E-state index contributed by atoms with van der Waals surface area (Å²) < 4.78 is 0. The molecule has 1 saturated carbocycles. The molecule has 1 atom stereocenters. The molecule has 0 heterocycles. The lowest BCUT2D eigenvalue weighted by Crippen LogP contribution is -2.38. The largest absolute Gasteiger partial charge is 0.309 e. The number of aryl methyl sites for hydroxylation is 2. The number of nitrogens with zero attached hydrogens (tertiary/aromatic N) is 1. The van der Waals surface area contributed by atoms with E-state index in [1.165, 1.54) is 48.8 Å². The zero-order chi connectivity index (χ0) is 15.2. The fourth-order valence-corrected chi connectivity index (χ4v) is 3.37. The summed E-state index contributed by atoms with van der Waals surface area (Å²) >= 11 is 0. The normalized spacial score (nSPS) is 17.6. The smallest absolute Gasteiger partial charge is 0.0449 e. The van der Waals surface area contributed by atoms with Gasteiger partial charge in [-0.2, -0.15) is 0 Å². The molecule has 21 heavy (non-hydrogen) atoms. The van der Waals surface area contributed by atoms with Crippen molar-refractivity contribution in [2.45, 2.75) is 65.0 Å². The molecule has 2 nitrogen and oxygen atoms in total. The molecule has 2 heteroatoms. The minimum Gasteiger partial charge on any atom is -0.309 e. The van der Waals surface area contributed by atoms with Gasteiger partial charge in [-0.05, 0) is 63.4 Å². The topological polar surface area (TPSA) is 15.3 Å². The number of hydrogen-bond acceptors (Lipinski definition) is 2. The lowest BCUT2D eigenvalue weighted by Gasteiger charge is -2.30. The number of likely N-dealkylation sites (N-methyl/N-ethyl adjacent to an activating group) is 1. The highest BCUT2D eigenvalue weighted by Crippen LogP contribution is 2.25. The molecule has 1 fully saturated rings. The first-order valence-electron chi connectivity index (χ1n) is 8.62. The molecule has 1 aromatic rings. The van der Waals surface area contributed by atoms with Gasteiger partial charge in [0.2, 0.25) is 0 Å². The summed E-state index contributed by atoms with van der Waals surface area (Å²) in [5.74, 6) is 0. The summed E-state index contributed by atoms with van der Waals surface area (Å²) in [6.45, 7) is 8.86. The van der Waals surface area contributed by atoms with Gasteiger partial charge in [-0.15, -0.1) is 0 Å². The van der Waals surface area contributed by atoms with Gasteiger partial charge in [0.05, 0.1) is 0 Å². The van der Waals surface area contributed by atoms with E-state index in [4.69, 9.17) is 0 Å². The van der Waals surface area contributed by atoms with Crippen LogP contribution in [0.2, 0.25) is 0 Å². The van der Waals surface area contributed by atoms with Gasteiger partial charge in [0.25, 0.3) is 0 Å². The molecule has 0 amide bonds. The molecule has 1 aliphatic carbocycles. The fourth-order valence-electron chi connectivity index (χ4n) is 3.37. The Morgan fingerprint density at radius 3 is 2.52 bits per heavy atom. The molecule has 2 rings (SSSR count). The average Bonchev–Trinajstić information content (AvgIpc) is 3.00. The van der Waals surface area contributed by atoms with Crippen molar-refractivity contribution in [1.29, 1.82) is 0 Å². The Kier molecular flexibility index (Phi) is 6.25. The number of rotatable bonds is 7.